The van der Waals surface area contributed by atoms with Crippen molar-refractivity contribution in [3.8, 4) is 5.75 Å². The van der Waals surface area contributed by atoms with Gasteiger partial charge in [-0.25, -0.2) is 13.4 Å². The molecular weight excluding hydrogens is 469 g/mol. The predicted octanol–water partition coefficient (Wildman–Crippen LogP) is 5.29. The van der Waals surface area contributed by atoms with Crippen LogP contribution in [0.4, 0.5) is 10.8 Å². The minimum Gasteiger partial charge on any atom is -0.490 e. The van der Waals surface area contributed by atoms with Crippen molar-refractivity contribution in [2.24, 2.45) is 0 Å². The fourth-order valence-electron chi connectivity index (χ4n) is 2.40. The third-order valence-corrected chi connectivity index (χ3v) is 6.52. The lowest BCUT2D eigenvalue weighted by molar-refractivity contribution is 0.102. The van der Waals surface area contributed by atoms with E-state index in [0.29, 0.717) is 18.0 Å². The van der Waals surface area contributed by atoms with Crippen molar-refractivity contribution in [3.63, 3.8) is 0 Å². The molecule has 0 bridgehead atoms. The fraction of sp³-hybridized carbons (Fsp3) is 0.158. The molecule has 0 radical (unpaired) electrons. The molecular formula is C19H17Cl2N3O4S2. The van der Waals surface area contributed by atoms with Gasteiger partial charge in [-0.05, 0) is 42.8 Å². The molecule has 1 aromatic heterocycles. The number of benzene rings is 2. The first-order chi connectivity index (χ1) is 14.3. The van der Waals surface area contributed by atoms with Crippen LogP contribution >= 0.6 is 34.5 Å². The number of rotatable bonds is 8. The Bertz CT molecular complexity index is 1110. The van der Waals surface area contributed by atoms with Gasteiger partial charge in [0.25, 0.3) is 15.9 Å². The summed E-state index contributed by atoms with van der Waals surface area (Å²) in [5, 5.41) is 5.08. The molecule has 0 fully saturated rings. The normalized spacial score (nSPS) is 11.2. The molecule has 3 rings (SSSR count). The van der Waals surface area contributed by atoms with Gasteiger partial charge in [-0.15, -0.1) is 11.3 Å². The molecule has 2 aromatic carbocycles. The molecule has 1 heterocycles. The highest BCUT2D eigenvalue weighted by atomic mass is 35.5. The smallest absolute Gasteiger partial charge is 0.263 e. The summed E-state index contributed by atoms with van der Waals surface area (Å²) in [6, 6.07) is 8.65. The first kappa shape index (κ1) is 22.4. The monoisotopic (exact) mass is 485 g/mol. The Morgan fingerprint density at radius 3 is 2.40 bits per heavy atom. The second kappa shape index (κ2) is 9.65. The lowest BCUT2D eigenvalue weighted by Crippen LogP contribution is -2.14. The largest absolute Gasteiger partial charge is 0.490 e. The molecule has 7 nitrogen and oxygen atoms in total. The van der Waals surface area contributed by atoms with E-state index in [2.05, 4.69) is 15.0 Å². The number of aromatic nitrogens is 1. The summed E-state index contributed by atoms with van der Waals surface area (Å²) < 4.78 is 32.6. The first-order valence-electron chi connectivity index (χ1n) is 8.75. The van der Waals surface area contributed by atoms with Gasteiger partial charge in [0.05, 0.1) is 21.5 Å². The Hall–Kier alpha value is -2.33. The van der Waals surface area contributed by atoms with E-state index in [-0.39, 0.29) is 25.6 Å². The summed E-state index contributed by atoms with van der Waals surface area (Å²) in [6.45, 7) is 2.41. The zero-order valence-electron chi connectivity index (χ0n) is 15.7. The van der Waals surface area contributed by atoms with Crippen LogP contribution in [0.2, 0.25) is 10.0 Å². The van der Waals surface area contributed by atoms with Crippen LogP contribution < -0.4 is 14.8 Å². The SMILES string of the molecule is CCCOc1c(Cl)cc(C(=O)Nc2ccc(S(=O)(=O)Nc3nccs3)cc2)cc1Cl. The van der Waals surface area contributed by atoms with Crippen molar-refractivity contribution >= 4 is 61.3 Å². The molecule has 30 heavy (non-hydrogen) atoms. The standard InChI is InChI=1S/C19H17Cl2N3O4S2/c1-2-8-28-17-15(20)10-12(11-16(17)21)18(25)23-13-3-5-14(6-4-13)30(26,27)24-19-22-7-9-29-19/h3-7,9-11H,2,8H2,1H3,(H,22,24)(H,23,25). The molecule has 0 atom stereocenters. The van der Waals surface area contributed by atoms with Crippen LogP contribution in [0.3, 0.4) is 0 Å². The van der Waals surface area contributed by atoms with Crippen molar-refractivity contribution < 1.29 is 17.9 Å². The quantitative estimate of drug-likeness (QED) is 0.451. The molecule has 0 unspecified atom stereocenters. The van der Waals surface area contributed by atoms with Gasteiger partial charge < -0.3 is 10.1 Å². The van der Waals surface area contributed by atoms with E-state index in [9.17, 15) is 13.2 Å². The number of sulfonamides is 1. The minimum absolute atomic E-state index is 0.0409. The molecule has 0 aliphatic heterocycles. The summed E-state index contributed by atoms with van der Waals surface area (Å²) in [6.07, 6.45) is 2.29. The maximum absolute atomic E-state index is 12.5. The number of ether oxygens (including phenoxy) is 1. The van der Waals surface area contributed by atoms with Crippen LogP contribution in [0.5, 0.6) is 5.75 Å². The van der Waals surface area contributed by atoms with Crippen LogP contribution in [0.1, 0.15) is 23.7 Å². The zero-order valence-corrected chi connectivity index (χ0v) is 18.8. The number of nitrogens with one attached hydrogen (secondary N) is 2. The predicted molar refractivity (Wildman–Crippen MR) is 120 cm³/mol. The Kier molecular flexibility index (Phi) is 7.19. The lowest BCUT2D eigenvalue weighted by atomic mass is 10.2. The Balaban J connectivity index is 1.71. The average Bonchev–Trinajstić information content (AvgIpc) is 3.20. The van der Waals surface area contributed by atoms with Crippen LogP contribution in [0.15, 0.2) is 52.9 Å². The third kappa shape index (κ3) is 5.42. The van der Waals surface area contributed by atoms with Gasteiger partial charge in [0.1, 0.15) is 0 Å². The van der Waals surface area contributed by atoms with E-state index in [0.717, 1.165) is 6.42 Å². The number of carbonyl (C=O) groups is 1. The summed E-state index contributed by atoms with van der Waals surface area (Å²) in [7, 11) is -3.77. The lowest BCUT2D eigenvalue weighted by Gasteiger charge is -2.12. The van der Waals surface area contributed by atoms with E-state index in [1.165, 1.54) is 53.9 Å². The number of nitrogens with zero attached hydrogens (tertiary/aromatic N) is 1. The topological polar surface area (TPSA) is 97.4 Å². The Morgan fingerprint density at radius 2 is 1.83 bits per heavy atom. The average molecular weight is 486 g/mol. The first-order valence-corrected chi connectivity index (χ1v) is 11.9. The summed E-state index contributed by atoms with van der Waals surface area (Å²) >= 11 is 13.5. The van der Waals surface area contributed by atoms with E-state index in [1.807, 2.05) is 6.92 Å². The minimum atomic E-state index is -3.77. The van der Waals surface area contributed by atoms with Crippen molar-refractivity contribution in [3.05, 3.63) is 63.6 Å². The molecule has 3 aromatic rings. The van der Waals surface area contributed by atoms with Gasteiger partial charge in [0, 0.05) is 22.8 Å². The van der Waals surface area contributed by atoms with E-state index in [1.54, 1.807) is 5.38 Å². The molecule has 0 aliphatic rings. The third-order valence-electron chi connectivity index (χ3n) is 3.79. The van der Waals surface area contributed by atoms with Crippen LogP contribution in [-0.2, 0) is 10.0 Å². The molecule has 0 saturated carbocycles. The summed E-state index contributed by atoms with van der Waals surface area (Å²) in [5.41, 5.74) is 0.655. The molecule has 0 saturated heterocycles. The van der Waals surface area contributed by atoms with Gasteiger partial charge in [-0.3, -0.25) is 9.52 Å². The van der Waals surface area contributed by atoms with E-state index < -0.39 is 15.9 Å². The second-order valence-corrected chi connectivity index (χ2v) is 9.43. The molecule has 0 spiro atoms. The van der Waals surface area contributed by atoms with E-state index in [4.69, 9.17) is 27.9 Å². The van der Waals surface area contributed by atoms with E-state index >= 15 is 0 Å². The number of carbonyl (C=O) groups excluding carboxylic acids is 1. The number of hydrogen-bond donors (Lipinski definition) is 2. The zero-order chi connectivity index (χ0) is 21.7. The molecule has 1 amide bonds. The van der Waals surface area contributed by atoms with Gasteiger partial charge in [0.2, 0.25) is 0 Å². The van der Waals surface area contributed by atoms with Gasteiger partial charge >= 0.3 is 0 Å². The number of hydrogen-bond acceptors (Lipinski definition) is 6. The number of thiazole rings is 1. The van der Waals surface area contributed by atoms with Gasteiger partial charge in [0.15, 0.2) is 10.9 Å². The van der Waals surface area contributed by atoms with Crippen molar-refractivity contribution in [1.82, 2.24) is 4.98 Å². The van der Waals surface area contributed by atoms with Crippen molar-refractivity contribution in [2.45, 2.75) is 18.2 Å². The Labute approximate surface area is 188 Å². The Morgan fingerprint density at radius 1 is 1.17 bits per heavy atom. The fourth-order valence-corrected chi connectivity index (χ4v) is 4.79. The van der Waals surface area contributed by atoms with Crippen LogP contribution in [0.25, 0.3) is 0 Å². The van der Waals surface area contributed by atoms with Crippen LogP contribution in [-0.4, -0.2) is 25.9 Å². The number of amides is 1. The maximum atomic E-state index is 12.5. The maximum Gasteiger partial charge on any atom is 0.263 e. The van der Waals surface area contributed by atoms with Crippen molar-refractivity contribution in [1.29, 1.82) is 0 Å². The summed E-state index contributed by atoms with van der Waals surface area (Å²) in [5.74, 6) is -0.114. The summed E-state index contributed by atoms with van der Waals surface area (Å²) in [4.78, 5) is 16.5. The van der Waals surface area contributed by atoms with Crippen molar-refractivity contribution in [2.75, 3.05) is 16.6 Å². The highest BCUT2D eigenvalue weighted by Crippen LogP contribution is 2.34. The molecule has 158 valence electrons. The molecule has 0 aliphatic carbocycles. The molecule has 2 N–H and O–H groups in total. The second-order valence-electron chi connectivity index (χ2n) is 6.04. The molecule has 11 heteroatoms. The highest BCUT2D eigenvalue weighted by molar-refractivity contribution is 7.93. The highest BCUT2D eigenvalue weighted by Gasteiger charge is 2.17. The number of halogens is 2. The van der Waals surface area contributed by atoms with Crippen LogP contribution in [0, 0.1) is 0 Å². The van der Waals surface area contributed by atoms with Gasteiger partial charge in [-0.2, -0.15) is 0 Å². The van der Waals surface area contributed by atoms with Gasteiger partial charge in [-0.1, -0.05) is 30.1 Å². The number of anilines is 2.